The van der Waals surface area contributed by atoms with E-state index in [-0.39, 0.29) is 55.4 Å². The molecule has 0 heterocycles. The average molecular weight is 624 g/mol. The van der Waals surface area contributed by atoms with Gasteiger partial charge in [0.15, 0.2) is 0 Å². The van der Waals surface area contributed by atoms with E-state index in [4.69, 9.17) is 14.2 Å². The Morgan fingerprint density at radius 1 is 0.744 bits per heavy atom. The van der Waals surface area contributed by atoms with Gasteiger partial charge in [0.25, 0.3) is 0 Å². The van der Waals surface area contributed by atoms with Crippen LogP contribution in [0.5, 0.6) is 0 Å². The molecule has 0 radical (unpaired) electrons. The maximum Gasteiger partial charge on any atom is 0.407 e. The van der Waals surface area contributed by atoms with Gasteiger partial charge in [-0.3, -0.25) is 0 Å². The van der Waals surface area contributed by atoms with E-state index in [0.717, 1.165) is 12.2 Å². The molecule has 3 N–H and O–H groups in total. The first kappa shape index (κ1) is 42.9. The number of alkyl carbamates (subject to hydrolysis) is 3. The van der Waals surface area contributed by atoms with Crippen LogP contribution in [0.2, 0.25) is 0 Å². The summed E-state index contributed by atoms with van der Waals surface area (Å²) in [6.45, 7) is 23.1. The second kappa shape index (κ2) is 26.3. The molecule has 0 aliphatic heterocycles. The maximum absolute atomic E-state index is 11.1. The molecule has 0 unspecified atom stereocenters. The van der Waals surface area contributed by atoms with Crippen LogP contribution >= 0.6 is 0 Å². The monoisotopic (exact) mass is 623 g/mol. The number of carbonyl (C=O) groups is 6. The van der Waals surface area contributed by atoms with Crippen molar-refractivity contribution in [1.29, 1.82) is 0 Å². The molecule has 0 aromatic rings. The second-order valence-corrected chi connectivity index (χ2v) is 9.25. The third kappa shape index (κ3) is 35.4. The zero-order valence-electron chi connectivity index (χ0n) is 26.2. The van der Waals surface area contributed by atoms with E-state index in [1.165, 1.54) is 0 Å². The zero-order chi connectivity index (χ0) is 33.8. The molecule has 0 aliphatic carbocycles. The maximum atomic E-state index is 11.1. The van der Waals surface area contributed by atoms with E-state index in [2.05, 4.69) is 49.9 Å². The minimum Gasteiger partial charge on any atom is -0.461 e. The highest BCUT2D eigenvalue weighted by atomic mass is 16.6. The van der Waals surface area contributed by atoms with Gasteiger partial charge in [-0.1, -0.05) is 19.7 Å². The Morgan fingerprint density at radius 3 is 1.65 bits per heavy atom. The van der Waals surface area contributed by atoms with Crippen LogP contribution in [0.1, 0.15) is 52.7 Å². The van der Waals surface area contributed by atoms with Gasteiger partial charge in [-0.05, 0) is 48.5 Å². The fourth-order valence-electron chi connectivity index (χ4n) is 1.89. The molecule has 0 saturated carbocycles. The Labute approximate surface area is 257 Å². The van der Waals surface area contributed by atoms with Gasteiger partial charge in [0, 0.05) is 33.6 Å². The van der Waals surface area contributed by atoms with E-state index in [0.29, 0.717) is 12.2 Å². The van der Waals surface area contributed by atoms with E-state index < -0.39 is 36.2 Å². The van der Waals surface area contributed by atoms with Gasteiger partial charge in [-0.25, -0.2) is 28.8 Å². The molecule has 43 heavy (non-hydrogen) atoms. The average Bonchev–Trinajstić information content (AvgIpc) is 2.90. The van der Waals surface area contributed by atoms with Gasteiger partial charge in [0.2, 0.25) is 0 Å². The SMILES string of the molecule is C=C(C)C(=O)OCCOC(=O)NC(C)C.C=CC(=O)OCCNC(=O)OCC.C=CC(=O)OCCOC(=O)NC(C)(C)C.[HH].[HH].[HH]. The van der Waals surface area contributed by atoms with E-state index in [1.807, 2.05) is 34.6 Å². The summed E-state index contributed by atoms with van der Waals surface area (Å²) in [6.07, 6.45) is 0.547. The molecule has 252 valence electrons. The molecule has 0 fully saturated rings. The van der Waals surface area contributed by atoms with Crippen molar-refractivity contribution in [3.63, 3.8) is 0 Å². The zero-order valence-corrected chi connectivity index (χ0v) is 26.2. The first-order chi connectivity index (χ1) is 20.0. The van der Waals surface area contributed by atoms with Gasteiger partial charge in [-0.15, -0.1) is 0 Å². The summed E-state index contributed by atoms with van der Waals surface area (Å²) >= 11 is 0. The molecular formula is C28H53N3O12. The molecule has 15 nitrogen and oxygen atoms in total. The van der Waals surface area contributed by atoms with Crippen molar-refractivity contribution in [2.24, 2.45) is 0 Å². The molecule has 15 heteroatoms. The Balaban J connectivity index is -0.000000127. The van der Waals surface area contributed by atoms with Crippen LogP contribution in [0.15, 0.2) is 37.5 Å². The molecule has 0 saturated heterocycles. The van der Waals surface area contributed by atoms with Crippen LogP contribution in [-0.4, -0.2) is 94.0 Å². The molecule has 0 bridgehead atoms. The van der Waals surface area contributed by atoms with E-state index in [1.54, 1.807) is 13.8 Å². The summed E-state index contributed by atoms with van der Waals surface area (Å²) in [5, 5.41) is 7.52. The van der Waals surface area contributed by atoms with Crippen LogP contribution in [0.3, 0.4) is 0 Å². The van der Waals surface area contributed by atoms with E-state index >= 15 is 0 Å². The van der Waals surface area contributed by atoms with Gasteiger partial charge in [-0.2, -0.15) is 0 Å². The number of esters is 3. The van der Waals surface area contributed by atoms with E-state index in [9.17, 15) is 28.8 Å². The number of nitrogens with one attached hydrogen (secondary N) is 3. The largest absolute Gasteiger partial charge is 0.461 e. The van der Waals surface area contributed by atoms with Gasteiger partial charge in [0.1, 0.15) is 33.0 Å². The minimum atomic E-state index is -0.533. The Morgan fingerprint density at radius 2 is 1.21 bits per heavy atom. The van der Waals surface area contributed by atoms with Crippen LogP contribution in [0.25, 0.3) is 0 Å². The summed E-state index contributed by atoms with van der Waals surface area (Å²) in [5.41, 5.74) is -0.0175. The first-order valence-electron chi connectivity index (χ1n) is 13.2. The topological polar surface area (TPSA) is 194 Å². The van der Waals surface area contributed by atoms with Gasteiger partial charge >= 0.3 is 36.2 Å². The first-order valence-corrected chi connectivity index (χ1v) is 13.2. The number of rotatable bonds is 14. The van der Waals surface area contributed by atoms with Crippen molar-refractivity contribution in [1.82, 2.24) is 16.0 Å². The quantitative estimate of drug-likeness (QED) is 0.110. The number of amides is 3. The fourth-order valence-corrected chi connectivity index (χ4v) is 1.89. The van der Waals surface area contributed by atoms with Crippen LogP contribution in [-0.2, 0) is 42.8 Å². The minimum absolute atomic E-state index is 0. The number of carbonyl (C=O) groups excluding carboxylic acids is 6. The molecule has 0 atom stereocenters. The lowest BCUT2D eigenvalue weighted by Crippen LogP contribution is -2.41. The third-order valence-corrected chi connectivity index (χ3v) is 3.57. The van der Waals surface area contributed by atoms with Crippen molar-refractivity contribution >= 4 is 36.2 Å². The summed E-state index contributed by atoms with van der Waals surface area (Å²) in [6, 6.07) is 0.0236. The predicted molar refractivity (Wildman–Crippen MR) is 163 cm³/mol. The predicted octanol–water partition coefficient (Wildman–Crippen LogP) is 3.68. The molecule has 0 rings (SSSR count). The van der Waals surface area contributed by atoms with Crippen molar-refractivity contribution in [3.05, 3.63) is 37.5 Å². The van der Waals surface area contributed by atoms with Gasteiger partial charge < -0.3 is 44.4 Å². The lowest BCUT2D eigenvalue weighted by molar-refractivity contribution is -0.140. The van der Waals surface area contributed by atoms with Crippen molar-refractivity contribution < 1.29 is 61.5 Å². The number of ether oxygens (including phenoxy) is 6. The van der Waals surface area contributed by atoms with Crippen LogP contribution in [0.4, 0.5) is 14.4 Å². The normalized spacial score (nSPS) is 9.58. The standard InChI is InChI=1S/2C10H17NO4.C8H13NO4.3H2/c1-7(2)9(12)14-5-6-15-10(13)11-8(3)4;1-5-8(12)14-6-7-15-9(13)11-10(2,3)4;1-3-7(10)13-6-5-9-8(11)12-4-2;;;/h8H,1,5-6H2,2-4H3,(H,11,13);5H,1,6-7H2,2-4H3,(H,11,13);3H,1,4-6H2,2H3,(H,9,11);3*1H. The molecule has 0 spiro atoms. The Hall–Kier alpha value is -4.56. The van der Waals surface area contributed by atoms with Crippen LogP contribution in [0, 0.1) is 0 Å². The van der Waals surface area contributed by atoms with Crippen molar-refractivity contribution in [3.8, 4) is 0 Å². The second-order valence-electron chi connectivity index (χ2n) is 9.25. The summed E-state index contributed by atoms with van der Waals surface area (Å²) in [4.78, 5) is 64.7. The Kier molecular flexibility index (Phi) is 26.3. The summed E-state index contributed by atoms with van der Waals surface area (Å²) in [7, 11) is 0. The van der Waals surface area contributed by atoms with Crippen molar-refractivity contribution in [2.75, 3.05) is 46.2 Å². The Bertz CT molecular complexity index is 927. The summed E-state index contributed by atoms with van der Waals surface area (Å²) in [5.74, 6) is -1.52. The highest BCUT2D eigenvalue weighted by Gasteiger charge is 2.14. The lowest BCUT2D eigenvalue weighted by Gasteiger charge is -2.19. The van der Waals surface area contributed by atoms with Crippen LogP contribution < -0.4 is 16.0 Å². The van der Waals surface area contributed by atoms with Crippen molar-refractivity contribution in [2.45, 2.75) is 60.0 Å². The molecule has 0 aliphatic rings. The smallest absolute Gasteiger partial charge is 0.407 e. The van der Waals surface area contributed by atoms with Gasteiger partial charge in [0.05, 0.1) is 13.2 Å². The third-order valence-electron chi connectivity index (χ3n) is 3.57. The molecule has 0 aromatic carbocycles. The number of hydrogen-bond acceptors (Lipinski definition) is 12. The fraction of sp³-hybridized carbons (Fsp3) is 0.571. The summed E-state index contributed by atoms with van der Waals surface area (Å²) < 4.78 is 28.0. The molecule has 0 aromatic heterocycles. The highest BCUT2D eigenvalue weighted by Crippen LogP contribution is 1.98. The lowest BCUT2D eigenvalue weighted by atomic mass is 10.1. The highest BCUT2D eigenvalue weighted by molar-refractivity contribution is 5.86. The number of hydrogen-bond donors (Lipinski definition) is 3. The molecular weight excluding hydrogens is 570 g/mol. The molecule has 3 amide bonds.